The molecule has 114 valence electrons. The fourth-order valence-corrected chi connectivity index (χ4v) is 1.23. The molecule has 1 aromatic rings. The first-order valence-corrected chi connectivity index (χ1v) is 7.96. The second kappa shape index (κ2) is 9.40. The van der Waals surface area contributed by atoms with Gasteiger partial charge in [-0.25, -0.2) is 5.84 Å². The number of carbonyl (C=O) groups is 1. The molecule has 7 nitrogen and oxygen atoms in total. The maximum Gasteiger partial charge on any atom is 0.261 e. The van der Waals surface area contributed by atoms with Crippen LogP contribution in [0.3, 0.4) is 0 Å². The number of rotatable bonds is 5. The van der Waals surface area contributed by atoms with Crippen molar-refractivity contribution in [3.05, 3.63) is 30.1 Å². The van der Waals surface area contributed by atoms with E-state index in [4.69, 9.17) is 10.4 Å². The van der Waals surface area contributed by atoms with Gasteiger partial charge in [-0.1, -0.05) is 19.4 Å². The second-order valence-corrected chi connectivity index (χ2v) is 5.65. The Morgan fingerprint density at radius 3 is 2.50 bits per heavy atom. The molecule has 0 atom stereocenters. The van der Waals surface area contributed by atoms with E-state index in [0.717, 1.165) is 18.5 Å². The standard InChI is InChI=1S/C11H17N3O.CH4O3S/c1-2-3-7-11(15)14(12)9-10-6-4-5-8-13-10;1-5(2,3)4/h4-6,8H,2-3,7,9,12H2,1H3;1H3,(H,2,3,4). The molecule has 1 rings (SSSR count). The normalized spacial score (nSPS) is 10.4. The molecule has 20 heavy (non-hydrogen) atoms. The van der Waals surface area contributed by atoms with Gasteiger partial charge in [-0.2, -0.15) is 8.42 Å². The van der Waals surface area contributed by atoms with Gasteiger partial charge < -0.3 is 0 Å². The SMILES string of the molecule is CCCCC(=O)N(N)Cc1ccccn1.CS(=O)(=O)O. The Bertz CT molecular complexity index is 483. The van der Waals surface area contributed by atoms with Gasteiger partial charge in [0, 0.05) is 12.6 Å². The molecule has 0 aliphatic rings. The summed E-state index contributed by atoms with van der Waals surface area (Å²) in [7, 11) is -3.67. The summed E-state index contributed by atoms with van der Waals surface area (Å²) in [5.41, 5.74) is 0.810. The second-order valence-electron chi connectivity index (χ2n) is 4.18. The molecular weight excluding hydrogens is 282 g/mol. The molecule has 0 radical (unpaired) electrons. The predicted octanol–water partition coefficient (Wildman–Crippen LogP) is 0.978. The number of hydrogen-bond donors (Lipinski definition) is 2. The molecule has 0 aliphatic heterocycles. The quantitative estimate of drug-likeness (QED) is 0.363. The summed E-state index contributed by atoms with van der Waals surface area (Å²) < 4.78 is 25.9. The first-order chi connectivity index (χ1) is 9.24. The monoisotopic (exact) mass is 303 g/mol. The van der Waals surface area contributed by atoms with Crippen molar-refractivity contribution < 1.29 is 17.8 Å². The van der Waals surface area contributed by atoms with Crippen LogP contribution in [-0.2, 0) is 21.5 Å². The minimum absolute atomic E-state index is 0.0255. The van der Waals surface area contributed by atoms with Gasteiger partial charge in [0.1, 0.15) is 0 Å². The van der Waals surface area contributed by atoms with E-state index in [9.17, 15) is 13.2 Å². The van der Waals surface area contributed by atoms with Crippen molar-refractivity contribution in [1.29, 1.82) is 0 Å². The highest BCUT2D eigenvalue weighted by molar-refractivity contribution is 7.85. The molecule has 1 aromatic heterocycles. The Labute approximate surface area is 119 Å². The summed E-state index contributed by atoms with van der Waals surface area (Å²) in [4.78, 5) is 15.6. The van der Waals surface area contributed by atoms with E-state index in [0.29, 0.717) is 19.2 Å². The Kier molecular flexibility index (Phi) is 8.69. The average molecular weight is 303 g/mol. The molecule has 0 saturated carbocycles. The number of hydrogen-bond acceptors (Lipinski definition) is 5. The molecule has 0 aliphatic carbocycles. The van der Waals surface area contributed by atoms with Crippen molar-refractivity contribution in [3.63, 3.8) is 0 Å². The Morgan fingerprint density at radius 1 is 1.45 bits per heavy atom. The summed E-state index contributed by atoms with van der Waals surface area (Å²) in [5.74, 6) is 5.61. The van der Waals surface area contributed by atoms with Crippen molar-refractivity contribution in [3.8, 4) is 0 Å². The van der Waals surface area contributed by atoms with Gasteiger partial charge in [-0.15, -0.1) is 0 Å². The van der Waals surface area contributed by atoms with Gasteiger partial charge in [-0.05, 0) is 18.6 Å². The lowest BCUT2D eigenvalue weighted by Gasteiger charge is -2.15. The predicted molar refractivity (Wildman–Crippen MR) is 76.0 cm³/mol. The van der Waals surface area contributed by atoms with Gasteiger partial charge in [0.05, 0.1) is 18.5 Å². The molecule has 0 unspecified atom stereocenters. The maximum absolute atomic E-state index is 11.5. The van der Waals surface area contributed by atoms with Crippen molar-refractivity contribution in [2.75, 3.05) is 6.26 Å². The molecule has 0 spiro atoms. The van der Waals surface area contributed by atoms with Gasteiger partial charge in [0.25, 0.3) is 10.1 Å². The lowest BCUT2D eigenvalue weighted by atomic mass is 10.2. The molecule has 0 aromatic carbocycles. The number of unbranched alkanes of at least 4 members (excludes halogenated alkanes) is 1. The Morgan fingerprint density at radius 2 is 2.05 bits per heavy atom. The van der Waals surface area contributed by atoms with Crippen LogP contribution in [-0.4, -0.2) is 35.1 Å². The topological polar surface area (TPSA) is 114 Å². The van der Waals surface area contributed by atoms with Crippen LogP contribution in [0.15, 0.2) is 24.4 Å². The fourth-order valence-electron chi connectivity index (χ4n) is 1.23. The van der Waals surface area contributed by atoms with Crippen LogP contribution in [0.5, 0.6) is 0 Å². The third-order valence-electron chi connectivity index (χ3n) is 2.12. The van der Waals surface area contributed by atoms with E-state index in [-0.39, 0.29) is 5.91 Å². The Hall–Kier alpha value is -1.51. The number of hydrazine groups is 1. The first kappa shape index (κ1) is 18.5. The van der Waals surface area contributed by atoms with Crippen LogP contribution in [0.1, 0.15) is 31.9 Å². The zero-order chi connectivity index (χ0) is 15.6. The summed E-state index contributed by atoms with van der Waals surface area (Å²) >= 11 is 0. The summed E-state index contributed by atoms with van der Waals surface area (Å²) in [6.45, 7) is 2.43. The minimum atomic E-state index is -3.67. The molecule has 0 fully saturated rings. The van der Waals surface area contributed by atoms with Crippen molar-refractivity contribution in [2.24, 2.45) is 5.84 Å². The highest BCUT2D eigenvalue weighted by Gasteiger charge is 2.09. The van der Waals surface area contributed by atoms with Crippen molar-refractivity contribution in [1.82, 2.24) is 9.99 Å². The lowest BCUT2D eigenvalue weighted by Crippen LogP contribution is -2.36. The maximum atomic E-state index is 11.5. The summed E-state index contributed by atoms with van der Waals surface area (Å²) in [6.07, 6.45) is 4.81. The zero-order valence-corrected chi connectivity index (χ0v) is 12.5. The minimum Gasteiger partial charge on any atom is -0.286 e. The highest BCUT2D eigenvalue weighted by Crippen LogP contribution is 2.01. The molecule has 1 amide bonds. The molecule has 0 bridgehead atoms. The number of nitrogens with zero attached hydrogens (tertiary/aromatic N) is 2. The van der Waals surface area contributed by atoms with E-state index < -0.39 is 10.1 Å². The van der Waals surface area contributed by atoms with Gasteiger partial charge in [-0.3, -0.25) is 19.3 Å². The van der Waals surface area contributed by atoms with E-state index in [1.165, 1.54) is 5.01 Å². The molecule has 8 heteroatoms. The number of carbonyl (C=O) groups excluding carboxylic acids is 1. The van der Waals surface area contributed by atoms with Crippen LogP contribution in [0.25, 0.3) is 0 Å². The van der Waals surface area contributed by atoms with E-state index in [1.807, 2.05) is 25.1 Å². The van der Waals surface area contributed by atoms with E-state index in [1.54, 1.807) is 6.20 Å². The lowest BCUT2D eigenvalue weighted by molar-refractivity contribution is -0.132. The van der Waals surface area contributed by atoms with E-state index >= 15 is 0 Å². The van der Waals surface area contributed by atoms with Crippen molar-refractivity contribution in [2.45, 2.75) is 32.7 Å². The van der Waals surface area contributed by atoms with Crippen LogP contribution >= 0.6 is 0 Å². The first-order valence-electron chi connectivity index (χ1n) is 6.11. The van der Waals surface area contributed by atoms with E-state index in [2.05, 4.69) is 4.98 Å². The van der Waals surface area contributed by atoms with Crippen LogP contribution in [0, 0.1) is 0 Å². The average Bonchev–Trinajstić information content (AvgIpc) is 2.35. The van der Waals surface area contributed by atoms with Crippen molar-refractivity contribution >= 4 is 16.0 Å². The highest BCUT2D eigenvalue weighted by atomic mass is 32.2. The zero-order valence-electron chi connectivity index (χ0n) is 11.7. The number of amides is 1. The fraction of sp³-hybridized carbons (Fsp3) is 0.500. The molecule has 0 saturated heterocycles. The number of nitrogens with two attached hydrogens (primary N) is 1. The third kappa shape index (κ3) is 11.6. The van der Waals surface area contributed by atoms with Gasteiger partial charge >= 0.3 is 0 Å². The molecule has 1 heterocycles. The van der Waals surface area contributed by atoms with Crippen LogP contribution in [0.2, 0.25) is 0 Å². The van der Waals surface area contributed by atoms with Gasteiger partial charge in [0.15, 0.2) is 0 Å². The summed E-state index contributed by atoms with van der Waals surface area (Å²) in [6, 6.07) is 5.57. The van der Waals surface area contributed by atoms with Crippen LogP contribution in [0.4, 0.5) is 0 Å². The number of pyridine rings is 1. The number of aromatic nitrogens is 1. The van der Waals surface area contributed by atoms with Crippen LogP contribution < -0.4 is 5.84 Å². The molecular formula is C12H21N3O4S. The third-order valence-corrected chi connectivity index (χ3v) is 2.12. The summed E-state index contributed by atoms with van der Waals surface area (Å²) in [5, 5.41) is 1.23. The largest absolute Gasteiger partial charge is 0.286 e. The smallest absolute Gasteiger partial charge is 0.261 e. The Balaban J connectivity index is 0.000000621. The van der Waals surface area contributed by atoms with Gasteiger partial charge in [0.2, 0.25) is 5.91 Å². The molecule has 3 N–H and O–H groups in total.